The van der Waals surface area contributed by atoms with E-state index in [1.807, 2.05) is 0 Å². The number of amides is 2. The van der Waals surface area contributed by atoms with Gasteiger partial charge in [0.2, 0.25) is 0 Å². The Morgan fingerprint density at radius 3 is 2.13 bits per heavy atom. The Hall–Kier alpha value is -2.25. The molecule has 0 heterocycles. The van der Waals surface area contributed by atoms with Gasteiger partial charge in [-0.25, -0.2) is 4.79 Å². The summed E-state index contributed by atoms with van der Waals surface area (Å²) >= 11 is 0. The van der Waals surface area contributed by atoms with Crippen molar-refractivity contribution in [2.75, 3.05) is 11.9 Å². The number of ether oxygens (including phenoxy) is 1. The molecular weight excluding hydrogens is 313 g/mol. The topological polar surface area (TPSA) is 67.4 Å². The summed E-state index contributed by atoms with van der Waals surface area (Å²) in [5.74, 6) is -0.590. The molecule has 8 heteroatoms. The predicted molar refractivity (Wildman–Crippen MR) is 79.1 cm³/mol. The van der Waals surface area contributed by atoms with E-state index >= 15 is 0 Å². The van der Waals surface area contributed by atoms with E-state index < -0.39 is 30.2 Å². The molecule has 5 nitrogen and oxygen atoms in total. The Kier molecular flexibility index (Phi) is 6.00. The highest BCUT2D eigenvalue weighted by Crippen LogP contribution is 2.22. The van der Waals surface area contributed by atoms with Gasteiger partial charge in [0.05, 0.1) is 6.42 Å². The lowest BCUT2D eigenvalue weighted by molar-refractivity contribution is -0.153. The highest BCUT2D eigenvalue weighted by atomic mass is 19.4. The number of nitrogens with one attached hydrogen (secondary N) is 2. The van der Waals surface area contributed by atoms with Crippen molar-refractivity contribution in [2.24, 2.45) is 0 Å². The van der Waals surface area contributed by atoms with Gasteiger partial charge in [-0.1, -0.05) is 12.1 Å². The Labute approximate surface area is 132 Å². The van der Waals surface area contributed by atoms with Gasteiger partial charge in [0.25, 0.3) is 0 Å². The van der Waals surface area contributed by atoms with Crippen LogP contribution in [0.4, 0.5) is 23.7 Å². The van der Waals surface area contributed by atoms with Crippen molar-refractivity contribution in [3.63, 3.8) is 0 Å². The standard InChI is InChI=1S/C15H19F3N2O3/c1-14(2,3)23-12(21)9-19-13(22)20-11-6-4-10(5-7-11)8-15(16,17)18/h4-7H,8-9H2,1-3H3,(H2,19,20,22). The van der Waals surface area contributed by atoms with Crippen LogP contribution in [0.15, 0.2) is 24.3 Å². The first kappa shape index (κ1) is 18.8. The van der Waals surface area contributed by atoms with E-state index in [4.69, 9.17) is 4.74 Å². The molecule has 0 aliphatic heterocycles. The lowest BCUT2D eigenvalue weighted by Crippen LogP contribution is -2.36. The summed E-state index contributed by atoms with van der Waals surface area (Å²) < 4.78 is 41.7. The van der Waals surface area contributed by atoms with Gasteiger partial charge in [0.15, 0.2) is 0 Å². The van der Waals surface area contributed by atoms with E-state index in [9.17, 15) is 22.8 Å². The second kappa shape index (κ2) is 7.34. The van der Waals surface area contributed by atoms with Crippen molar-refractivity contribution in [3.8, 4) is 0 Å². The number of carbonyl (C=O) groups excluding carboxylic acids is 2. The van der Waals surface area contributed by atoms with Gasteiger partial charge in [0, 0.05) is 5.69 Å². The van der Waals surface area contributed by atoms with Crippen LogP contribution in [0.1, 0.15) is 26.3 Å². The molecule has 128 valence electrons. The summed E-state index contributed by atoms with van der Waals surface area (Å²) in [6, 6.07) is 4.61. The zero-order valence-electron chi connectivity index (χ0n) is 13.1. The van der Waals surface area contributed by atoms with Crippen molar-refractivity contribution in [1.29, 1.82) is 0 Å². The third kappa shape index (κ3) is 8.70. The lowest BCUT2D eigenvalue weighted by Gasteiger charge is -2.19. The van der Waals surface area contributed by atoms with Crippen molar-refractivity contribution in [3.05, 3.63) is 29.8 Å². The molecule has 2 N–H and O–H groups in total. The van der Waals surface area contributed by atoms with Gasteiger partial charge in [-0.05, 0) is 38.5 Å². The third-order valence-corrected chi connectivity index (χ3v) is 2.43. The van der Waals surface area contributed by atoms with Crippen LogP contribution in [-0.4, -0.2) is 30.3 Å². The molecule has 2 amide bonds. The van der Waals surface area contributed by atoms with Crippen LogP contribution < -0.4 is 10.6 Å². The van der Waals surface area contributed by atoms with Gasteiger partial charge in [-0.2, -0.15) is 13.2 Å². The molecule has 0 saturated heterocycles. The molecule has 1 aromatic carbocycles. The van der Waals surface area contributed by atoms with E-state index in [0.717, 1.165) is 0 Å². The summed E-state index contributed by atoms with van der Waals surface area (Å²) in [5.41, 5.74) is -0.237. The largest absolute Gasteiger partial charge is 0.459 e. The van der Waals surface area contributed by atoms with E-state index in [1.54, 1.807) is 20.8 Å². The van der Waals surface area contributed by atoms with Crippen LogP contribution in [-0.2, 0) is 16.0 Å². The minimum atomic E-state index is -4.28. The van der Waals surface area contributed by atoms with Crippen LogP contribution >= 0.6 is 0 Å². The molecule has 1 aromatic rings. The molecule has 0 atom stereocenters. The van der Waals surface area contributed by atoms with Gasteiger partial charge in [-0.3, -0.25) is 4.79 Å². The van der Waals surface area contributed by atoms with Crippen LogP contribution in [0.5, 0.6) is 0 Å². The maximum atomic E-state index is 12.2. The van der Waals surface area contributed by atoms with Crippen LogP contribution in [0, 0.1) is 0 Å². The number of benzene rings is 1. The predicted octanol–water partition coefficient (Wildman–Crippen LogP) is 3.25. The number of carbonyl (C=O) groups is 2. The SMILES string of the molecule is CC(C)(C)OC(=O)CNC(=O)Nc1ccc(CC(F)(F)F)cc1. The van der Waals surface area contributed by atoms with E-state index in [0.29, 0.717) is 5.69 Å². The first-order valence-electron chi connectivity index (χ1n) is 6.87. The highest BCUT2D eigenvalue weighted by Gasteiger charge is 2.27. The smallest absolute Gasteiger partial charge is 0.393 e. The number of hydrogen-bond donors (Lipinski definition) is 2. The van der Waals surface area contributed by atoms with E-state index in [2.05, 4.69) is 10.6 Å². The summed E-state index contributed by atoms with van der Waals surface area (Å²) in [5, 5.41) is 4.71. The maximum Gasteiger partial charge on any atom is 0.393 e. The molecule has 1 rings (SSSR count). The van der Waals surface area contributed by atoms with Gasteiger partial charge in [0.1, 0.15) is 12.1 Å². The zero-order chi connectivity index (χ0) is 17.7. The van der Waals surface area contributed by atoms with Crippen molar-refractivity contribution >= 4 is 17.7 Å². The molecule has 0 aliphatic carbocycles. The maximum absolute atomic E-state index is 12.2. The molecule has 0 aromatic heterocycles. The summed E-state index contributed by atoms with van der Waals surface area (Å²) in [7, 11) is 0. The van der Waals surface area contributed by atoms with Crippen LogP contribution in [0.25, 0.3) is 0 Å². The number of rotatable bonds is 4. The number of hydrogen-bond acceptors (Lipinski definition) is 3. The van der Waals surface area contributed by atoms with Crippen molar-refractivity contribution < 1.29 is 27.5 Å². The minimum Gasteiger partial charge on any atom is -0.459 e. The van der Waals surface area contributed by atoms with Gasteiger partial charge < -0.3 is 15.4 Å². The third-order valence-electron chi connectivity index (χ3n) is 2.43. The van der Waals surface area contributed by atoms with E-state index in [-0.39, 0.29) is 12.1 Å². The molecule has 0 radical (unpaired) electrons. The molecule has 0 spiro atoms. The Bertz CT molecular complexity index is 549. The fraction of sp³-hybridized carbons (Fsp3) is 0.467. The number of halogens is 3. The Morgan fingerprint density at radius 2 is 1.65 bits per heavy atom. The number of urea groups is 1. The lowest BCUT2D eigenvalue weighted by atomic mass is 10.1. The highest BCUT2D eigenvalue weighted by molar-refractivity contribution is 5.91. The minimum absolute atomic E-state index is 0.0946. The first-order chi connectivity index (χ1) is 10.4. The molecule has 23 heavy (non-hydrogen) atoms. The average molecular weight is 332 g/mol. The molecular formula is C15H19F3N2O3. The quantitative estimate of drug-likeness (QED) is 0.832. The number of esters is 1. The first-order valence-corrected chi connectivity index (χ1v) is 6.87. The van der Waals surface area contributed by atoms with Crippen molar-refractivity contribution in [1.82, 2.24) is 5.32 Å². The Balaban J connectivity index is 2.44. The number of anilines is 1. The van der Waals surface area contributed by atoms with Gasteiger partial charge in [-0.15, -0.1) is 0 Å². The average Bonchev–Trinajstić information content (AvgIpc) is 2.35. The molecule has 0 fully saturated rings. The second-order valence-corrected chi connectivity index (χ2v) is 5.88. The molecule has 0 unspecified atom stereocenters. The summed E-state index contributed by atoms with van der Waals surface area (Å²) in [4.78, 5) is 23.0. The Morgan fingerprint density at radius 1 is 1.09 bits per heavy atom. The van der Waals surface area contributed by atoms with Crippen molar-refractivity contribution in [2.45, 2.75) is 39.0 Å². The fourth-order valence-corrected chi connectivity index (χ4v) is 1.64. The van der Waals surface area contributed by atoms with E-state index in [1.165, 1.54) is 24.3 Å². The summed E-state index contributed by atoms with van der Waals surface area (Å²) in [6.07, 6.45) is -5.31. The second-order valence-electron chi connectivity index (χ2n) is 5.88. The monoisotopic (exact) mass is 332 g/mol. The van der Waals surface area contributed by atoms with Gasteiger partial charge >= 0.3 is 18.2 Å². The normalized spacial score (nSPS) is 11.7. The van der Waals surface area contributed by atoms with Crippen LogP contribution in [0.3, 0.4) is 0 Å². The zero-order valence-corrected chi connectivity index (χ0v) is 13.1. The number of alkyl halides is 3. The molecule has 0 aliphatic rings. The van der Waals surface area contributed by atoms with Crippen LogP contribution in [0.2, 0.25) is 0 Å². The summed E-state index contributed by atoms with van der Waals surface area (Å²) in [6.45, 7) is 4.80. The molecule has 0 saturated carbocycles. The molecule has 0 bridgehead atoms. The fourth-order valence-electron chi connectivity index (χ4n) is 1.64.